The Morgan fingerprint density at radius 3 is 2.40 bits per heavy atom. The summed E-state index contributed by atoms with van der Waals surface area (Å²) in [6.45, 7) is -1.36. The van der Waals surface area contributed by atoms with Crippen molar-refractivity contribution >= 4 is 6.29 Å². The van der Waals surface area contributed by atoms with Crippen LogP contribution in [0.4, 0.5) is 13.2 Å². The molecular formula is C5H5F3O2. The third-order valence-electron chi connectivity index (χ3n) is 0.500. The van der Waals surface area contributed by atoms with Crippen LogP contribution in [0.3, 0.4) is 0 Å². The Morgan fingerprint density at radius 2 is 2.00 bits per heavy atom. The topological polar surface area (TPSA) is 26.3 Å². The van der Waals surface area contributed by atoms with E-state index in [9.17, 15) is 18.0 Å². The molecule has 0 aromatic carbocycles. The van der Waals surface area contributed by atoms with Gasteiger partial charge in [-0.2, -0.15) is 13.2 Å². The van der Waals surface area contributed by atoms with E-state index in [0.717, 1.165) is 6.08 Å². The van der Waals surface area contributed by atoms with Crippen molar-refractivity contribution in [2.45, 2.75) is 6.18 Å². The number of halogens is 3. The summed E-state index contributed by atoms with van der Waals surface area (Å²) in [5.74, 6) is 0. The van der Waals surface area contributed by atoms with Crippen molar-refractivity contribution in [2.24, 2.45) is 0 Å². The molecule has 10 heavy (non-hydrogen) atoms. The number of ether oxygens (including phenoxy) is 1. The average molecular weight is 154 g/mol. The summed E-state index contributed by atoms with van der Waals surface area (Å²) in [6, 6.07) is 0. The standard InChI is InChI=1S/C5H5F3O2/c6-5(7,8)4-10-3-1-2-9/h1-3H,4H2/b3-1+. The molecule has 0 aliphatic carbocycles. The van der Waals surface area contributed by atoms with Crippen LogP contribution in [-0.4, -0.2) is 19.1 Å². The number of carbonyl (C=O) groups is 1. The quantitative estimate of drug-likeness (QED) is 0.347. The molecule has 5 heteroatoms. The molecule has 0 rings (SSSR count). The van der Waals surface area contributed by atoms with Crippen molar-refractivity contribution in [2.75, 3.05) is 6.61 Å². The molecule has 0 saturated heterocycles. The summed E-state index contributed by atoms with van der Waals surface area (Å²) in [6.07, 6.45) is -2.48. The van der Waals surface area contributed by atoms with Gasteiger partial charge in [-0.3, -0.25) is 4.79 Å². The molecule has 0 aliphatic heterocycles. The molecule has 0 aromatic heterocycles. The monoisotopic (exact) mass is 154 g/mol. The van der Waals surface area contributed by atoms with E-state index in [-0.39, 0.29) is 0 Å². The van der Waals surface area contributed by atoms with Gasteiger partial charge in [-0.1, -0.05) is 0 Å². The molecule has 0 aromatic rings. The smallest absolute Gasteiger partial charge is 0.422 e. The second-order valence-electron chi connectivity index (χ2n) is 1.39. The highest BCUT2D eigenvalue weighted by atomic mass is 19.4. The summed E-state index contributed by atoms with van der Waals surface area (Å²) < 4.78 is 37.6. The zero-order chi connectivity index (χ0) is 8.04. The molecule has 0 spiro atoms. The highest BCUT2D eigenvalue weighted by Gasteiger charge is 2.27. The lowest BCUT2D eigenvalue weighted by molar-refractivity contribution is -0.161. The summed E-state index contributed by atoms with van der Waals surface area (Å²) in [7, 11) is 0. The molecule has 0 unspecified atom stereocenters. The van der Waals surface area contributed by atoms with Crippen LogP contribution in [0, 0.1) is 0 Å². The zero-order valence-electron chi connectivity index (χ0n) is 4.89. The molecule has 58 valence electrons. The maximum Gasteiger partial charge on any atom is 0.422 e. The highest BCUT2D eigenvalue weighted by Crippen LogP contribution is 2.14. The molecule has 0 bridgehead atoms. The van der Waals surface area contributed by atoms with E-state index in [0.29, 0.717) is 12.5 Å². The molecule has 0 atom stereocenters. The van der Waals surface area contributed by atoms with Gasteiger partial charge in [0, 0.05) is 6.08 Å². The molecule has 0 saturated carbocycles. The number of hydrogen-bond acceptors (Lipinski definition) is 2. The van der Waals surface area contributed by atoms with Crippen LogP contribution in [0.2, 0.25) is 0 Å². The van der Waals surface area contributed by atoms with Crippen LogP contribution < -0.4 is 0 Å². The van der Waals surface area contributed by atoms with Gasteiger partial charge in [-0.25, -0.2) is 0 Å². The minimum absolute atomic E-state index is 0.330. The Balaban J connectivity index is 3.37. The summed E-state index contributed by atoms with van der Waals surface area (Å²) >= 11 is 0. The zero-order valence-corrected chi connectivity index (χ0v) is 4.89. The molecule has 0 heterocycles. The van der Waals surface area contributed by atoms with Crippen LogP contribution in [0.5, 0.6) is 0 Å². The van der Waals surface area contributed by atoms with Crippen LogP contribution in [-0.2, 0) is 9.53 Å². The minimum Gasteiger partial charge on any atom is -0.492 e. The second kappa shape index (κ2) is 3.92. The summed E-state index contributed by atoms with van der Waals surface area (Å²) in [5.41, 5.74) is 0. The van der Waals surface area contributed by atoms with Gasteiger partial charge in [0.15, 0.2) is 6.61 Å². The number of allylic oxidation sites excluding steroid dienone is 1. The molecule has 2 nitrogen and oxygen atoms in total. The van der Waals surface area contributed by atoms with Crippen molar-refractivity contribution in [1.29, 1.82) is 0 Å². The Morgan fingerprint density at radius 1 is 1.40 bits per heavy atom. The van der Waals surface area contributed by atoms with Crippen molar-refractivity contribution < 1.29 is 22.7 Å². The van der Waals surface area contributed by atoms with Gasteiger partial charge in [0.25, 0.3) is 0 Å². The van der Waals surface area contributed by atoms with Crippen molar-refractivity contribution in [1.82, 2.24) is 0 Å². The van der Waals surface area contributed by atoms with E-state index in [4.69, 9.17) is 0 Å². The molecule has 0 N–H and O–H groups in total. The maximum absolute atomic E-state index is 11.2. The highest BCUT2D eigenvalue weighted by molar-refractivity contribution is 5.64. The van der Waals surface area contributed by atoms with E-state index in [1.807, 2.05) is 0 Å². The van der Waals surface area contributed by atoms with Crippen molar-refractivity contribution in [3.05, 3.63) is 12.3 Å². The molecule has 0 aliphatic rings. The number of alkyl halides is 3. The third kappa shape index (κ3) is 7.00. The SMILES string of the molecule is O=C/C=C/OCC(F)(F)F. The predicted octanol–water partition coefficient (Wildman–Crippen LogP) is 1.28. The second-order valence-corrected chi connectivity index (χ2v) is 1.39. The first-order chi connectivity index (χ1) is 4.56. The maximum atomic E-state index is 11.2. The van der Waals surface area contributed by atoms with E-state index >= 15 is 0 Å². The van der Waals surface area contributed by atoms with E-state index < -0.39 is 12.8 Å². The summed E-state index contributed by atoms with van der Waals surface area (Å²) in [4.78, 5) is 9.48. The van der Waals surface area contributed by atoms with Gasteiger partial charge in [0.1, 0.15) is 6.29 Å². The van der Waals surface area contributed by atoms with E-state index in [1.165, 1.54) is 0 Å². The van der Waals surface area contributed by atoms with Gasteiger partial charge < -0.3 is 4.74 Å². The first-order valence-electron chi connectivity index (χ1n) is 2.35. The summed E-state index contributed by atoms with van der Waals surface area (Å²) in [5, 5.41) is 0. The van der Waals surface area contributed by atoms with E-state index in [1.54, 1.807) is 0 Å². The number of carbonyl (C=O) groups excluding carboxylic acids is 1. The van der Waals surface area contributed by atoms with Crippen LogP contribution >= 0.6 is 0 Å². The number of aldehydes is 1. The number of rotatable bonds is 3. The third-order valence-corrected chi connectivity index (χ3v) is 0.500. The Hall–Kier alpha value is -1.00. The fraction of sp³-hybridized carbons (Fsp3) is 0.400. The average Bonchev–Trinajstić information content (AvgIpc) is 1.78. The lowest BCUT2D eigenvalue weighted by Gasteiger charge is -2.03. The normalized spacial score (nSPS) is 11.9. The first kappa shape index (κ1) is 9.00. The Kier molecular flexibility index (Phi) is 3.53. The lowest BCUT2D eigenvalue weighted by Crippen LogP contribution is -2.14. The van der Waals surface area contributed by atoms with Gasteiger partial charge >= 0.3 is 6.18 Å². The van der Waals surface area contributed by atoms with Gasteiger partial charge in [0.2, 0.25) is 0 Å². The molecule has 0 radical (unpaired) electrons. The fourth-order valence-electron chi connectivity index (χ4n) is 0.230. The van der Waals surface area contributed by atoms with Gasteiger partial charge in [-0.05, 0) is 0 Å². The van der Waals surface area contributed by atoms with Crippen molar-refractivity contribution in [3.8, 4) is 0 Å². The van der Waals surface area contributed by atoms with Gasteiger partial charge in [0.05, 0.1) is 6.26 Å². The largest absolute Gasteiger partial charge is 0.492 e. The van der Waals surface area contributed by atoms with Crippen LogP contribution in [0.1, 0.15) is 0 Å². The first-order valence-corrected chi connectivity index (χ1v) is 2.35. The van der Waals surface area contributed by atoms with Crippen LogP contribution in [0.15, 0.2) is 12.3 Å². The van der Waals surface area contributed by atoms with Crippen LogP contribution in [0.25, 0.3) is 0 Å². The van der Waals surface area contributed by atoms with Crippen molar-refractivity contribution in [3.63, 3.8) is 0 Å². The fourth-order valence-corrected chi connectivity index (χ4v) is 0.230. The molecular weight excluding hydrogens is 149 g/mol. The lowest BCUT2D eigenvalue weighted by atomic mass is 10.7. The van der Waals surface area contributed by atoms with Gasteiger partial charge in [-0.15, -0.1) is 0 Å². The molecule has 0 fully saturated rings. The minimum atomic E-state index is -4.34. The number of hydrogen-bond donors (Lipinski definition) is 0. The Labute approximate surface area is 55.3 Å². The van der Waals surface area contributed by atoms with E-state index in [2.05, 4.69) is 4.74 Å². The molecule has 0 amide bonds. The predicted molar refractivity (Wildman–Crippen MR) is 27.2 cm³/mol. The Bertz CT molecular complexity index is 127.